The molecule has 0 aliphatic heterocycles. The molecule has 1 amide bonds. The molecule has 1 saturated carbocycles. The zero-order valence-corrected chi connectivity index (χ0v) is 13.2. The molecule has 5 heteroatoms. The molecule has 4 nitrogen and oxygen atoms in total. The lowest BCUT2D eigenvalue weighted by atomic mass is 9.76. The Balaban J connectivity index is 1.38. The van der Waals surface area contributed by atoms with Crippen molar-refractivity contribution in [3.63, 3.8) is 0 Å². The summed E-state index contributed by atoms with van der Waals surface area (Å²) in [5.74, 6) is 0.489. The van der Waals surface area contributed by atoms with Gasteiger partial charge in [-0.3, -0.25) is 4.79 Å². The molecule has 2 aromatic heterocycles. The third-order valence-electron chi connectivity index (χ3n) is 4.48. The zero-order valence-electron chi connectivity index (χ0n) is 12.4. The number of nitrogens with one attached hydrogen (secondary N) is 1. The number of fused-ring (bicyclic) bond motifs is 1. The standard InChI is InChI=1S/C18H16ClN3O/c19-15-3-1-12(2-4-15)14-9-16(10-14)21-18(23)13-6-8-22-17(11-13)5-7-20-22/h1-8,11,14,16H,9-10H2,(H,21,23). The Kier molecular flexibility index (Phi) is 3.54. The van der Waals surface area contributed by atoms with Crippen molar-refractivity contribution in [1.82, 2.24) is 14.9 Å². The van der Waals surface area contributed by atoms with Crippen LogP contribution >= 0.6 is 11.6 Å². The Labute approximate surface area is 139 Å². The van der Waals surface area contributed by atoms with Crippen molar-refractivity contribution in [2.45, 2.75) is 24.8 Å². The van der Waals surface area contributed by atoms with Gasteiger partial charge in [0.25, 0.3) is 5.91 Å². The van der Waals surface area contributed by atoms with E-state index in [1.807, 2.05) is 30.5 Å². The first-order valence-corrected chi connectivity index (χ1v) is 8.06. The molecule has 2 heterocycles. The average Bonchev–Trinajstić information content (AvgIpc) is 2.99. The summed E-state index contributed by atoms with van der Waals surface area (Å²) in [6, 6.07) is 13.8. The van der Waals surface area contributed by atoms with Crippen LogP contribution in [-0.4, -0.2) is 21.6 Å². The number of carbonyl (C=O) groups excluding carboxylic acids is 1. The van der Waals surface area contributed by atoms with Gasteiger partial charge in [-0.05, 0) is 54.7 Å². The molecular formula is C18H16ClN3O. The second kappa shape index (κ2) is 5.70. The fourth-order valence-corrected chi connectivity index (χ4v) is 3.20. The van der Waals surface area contributed by atoms with Gasteiger partial charge in [-0.1, -0.05) is 23.7 Å². The predicted octanol–water partition coefficient (Wildman–Crippen LogP) is 3.66. The van der Waals surface area contributed by atoms with Crippen LogP contribution in [0.3, 0.4) is 0 Å². The van der Waals surface area contributed by atoms with Crippen LogP contribution in [0.25, 0.3) is 5.52 Å². The second-order valence-electron chi connectivity index (χ2n) is 6.01. The fraction of sp³-hybridized carbons (Fsp3) is 0.222. The highest BCUT2D eigenvalue weighted by atomic mass is 35.5. The van der Waals surface area contributed by atoms with Gasteiger partial charge >= 0.3 is 0 Å². The van der Waals surface area contributed by atoms with Crippen LogP contribution in [0.4, 0.5) is 0 Å². The minimum absolute atomic E-state index is 0.0201. The van der Waals surface area contributed by atoms with E-state index >= 15 is 0 Å². The highest BCUT2D eigenvalue weighted by Gasteiger charge is 2.31. The van der Waals surface area contributed by atoms with Gasteiger partial charge < -0.3 is 5.32 Å². The Bertz CT molecular complexity index is 850. The first kappa shape index (κ1) is 14.3. The van der Waals surface area contributed by atoms with Crippen molar-refractivity contribution in [1.29, 1.82) is 0 Å². The van der Waals surface area contributed by atoms with Crippen molar-refractivity contribution in [2.75, 3.05) is 0 Å². The van der Waals surface area contributed by atoms with Crippen molar-refractivity contribution < 1.29 is 4.79 Å². The van der Waals surface area contributed by atoms with E-state index < -0.39 is 0 Å². The van der Waals surface area contributed by atoms with Crippen LogP contribution in [0, 0.1) is 0 Å². The molecule has 0 bridgehead atoms. The minimum atomic E-state index is -0.0201. The summed E-state index contributed by atoms with van der Waals surface area (Å²) < 4.78 is 1.75. The normalized spacial score (nSPS) is 20.2. The van der Waals surface area contributed by atoms with Gasteiger partial charge in [-0.25, -0.2) is 4.52 Å². The lowest BCUT2D eigenvalue weighted by molar-refractivity contribution is 0.0909. The molecular weight excluding hydrogens is 310 g/mol. The molecule has 1 fully saturated rings. The van der Waals surface area contributed by atoms with E-state index in [0.29, 0.717) is 11.5 Å². The number of aromatic nitrogens is 2. The molecule has 0 saturated heterocycles. The Morgan fingerprint density at radius 2 is 1.96 bits per heavy atom. The van der Waals surface area contributed by atoms with Gasteiger partial charge in [0.05, 0.1) is 5.52 Å². The van der Waals surface area contributed by atoms with Crippen LogP contribution in [0.5, 0.6) is 0 Å². The maximum Gasteiger partial charge on any atom is 0.251 e. The topological polar surface area (TPSA) is 46.4 Å². The maximum absolute atomic E-state index is 12.3. The smallest absolute Gasteiger partial charge is 0.251 e. The Hall–Kier alpha value is -2.33. The van der Waals surface area contributed by atoms with Crippen LogP contribution in [0.15, 0.2) is 54.9 Å². The first-order chi connectivity index (χ1) is 11.2. The average molecular weight is 326 g/mol. The number of halogens is 1. The van der Waals surface area contributed by atoms with Gasteiger partial charge in [0.15, 0.2) is 0 Å². The molecule has 1 aromatic carbocycles. The predicted molar refractivity (Wildman–Crippen MR) is 89.9 cm³/mol. The molecule has 1 aliphatic rings. The monoisotopic (exact) mass is 325 g/mol. The van der Waals surface area contributed by atoms with Gasteiger partial charge in [0.2, 0.25) is 0 Å². The Morgan fingerprint density at radius 3 is 2.74 bits per heavy atom. The number of amides is 1. The van der Waals surface area contributed by atoms with E-state index in [1.54, 1.807) is 16.8 Å². The largest absolute Gasteiger partial charge is 0.349 e. The van der Waals surface area contributed by atoms with E-state index in [1.165, 1.54) is 5.56 Å². The number of hydrogen-bond acceptors (Lipinski definition) is 2. The summed E-state index contributed by atoms with van der Waals surface area (Å²) in [6.07, 6.45) is 5.48. The first-order valence-electron chi connectivity index (χ1n) is 7.69. The van der Waals surface area contributed by atoms with Crippen molar-refractivity contribution in [3.8, 4) is 0 Å². The lowest BCUT2D eigenvalue weighted by Gasteiger charge is -2.36. The minimum Gasteiger partial charge on any atom is -0.349 e. The molecule has 0 spiro atoms. The van der Waals surface area contributed by atoms with Gasteiger partial charge in [-0.15, -0.1) is 0 Å². The second-order valence-corrected chi connectivity index (χ2v) is 6.44. The maximum atomic E-state index is 12.3. The van der Waals surface area contributed by atoms with Crippen molar-refractivity contribution in [3.05, 3.63) is 71.0 Å². The zero-order chi connectivity index (χ0) is 15.8. The summed E-state index contributed by atoms with van der Waals surface area (Å²) >= 11 is 5.91. The lowest BCUT2D eigenvalue weighted by Crippen LogP contribution is -2.43. The third-order valence-corrected chi connectivity index (χ3v) is 4.73. The number of rotatable bonds is 3. The summed E-state index contributed by atoms with van der Waals surface area (Å²) in [6.45, 7) is 0. The number of pyridine rings is 1. The van der Waals surface area contributed by atoms with Crippen LogP contribution in [0.2, 0.25) is 5.02 Å². The van der Waals surface area contributed by atoms with E-state index in [-0.39, 0.29) is 11.9 Å². The highest BCUT2D eigenvalue weighted by molar-refractivity contribution is 6.30. The molecule has 3 aromatic rings. The van der Waals surface area contributed by atoms with E-state index in [4.69, 9.17) is 11.6 Å². The fourth-order valence-electron chi connectivity index (χ4n) is 3.07. The Morgan fingerprint density at radius 1 is 1.17 bits per heavy atom. The summed E-state index contributed by atoms with van der Waals surface area (Å²) in [5.41, 5.74) is 2.89. The van der Waals surface area contributed by atoms with Crippen LogP contribution in [-0.2, 0) is 0 Å². The summed E-state index contributed by atoms with van der Waals surface area (Å²) in [7, 11) is 0. The molecule has 23 heavy (non-hydrogen) atoms. The molecule has 116 valence electrons. The van der Waals surface area contributed by atoms with Crippen molar-refractivity contribution >= 4 is 23.0 Å². The highest BCUT2D eigenvalue weighted by Crippen LogP contribution is 2.37. The summed E-state index contributed by atoms with van der Waals surface area (Å²) in [5, 5.41) is 8.00. The van der Waals surface area contributed by atoms with Gasteiger partial charge in [0.1, 0.15) is 0 Å². The molecule has 0 unspecified atom stereocenters. The molecule has 1 N–H and O–H groups in total. The SMILES string of the molecule is O=C(NC1CC(c2ccc(Cl)cc2)C1)c1ccn2nccc2c1. The number of benzene rings is 1. The van der Waals surface area contributed by atoms with E-state index in [2.05, 4.69) is 22.5 Å². The van der Waals surface area contributed by atoms with E-state index in [9.17, 15) is 4.79 Å². The quantitative estimate of drug-likeness (QED) is 0.798. The molecule has 0 radical (unpaired) electrons. The number of hydrogen-bond donors (Lipinski definition) is 1. The third kappa shape index (κ3) is 2.82. The van der Waals surface area contributed by atoms with Gasteiger partial charge in [0, 0.05) is 29.0 Å². The number of nitrogens with zero attached hydrogens (tertiary/aromatic N) is 2. The van der Waals surface area contributed by atoms with Gasteiger partial charge in [-0.2, -0.15) is 5.10 Å². The summed E-state index contributed by atoms with van der Waals surface area (Å²) in [4.78, 5) is 12.3. The van der Waals surface area contributed by atoms with Crippen molar-refractivity contribution in [2.24, 2.45) is 0 Å². The molecule has 4 rings (SSSR count). The molecule has 0 atom stereocenters. The number of carbonyl (C=O) groups is 1. The van der Waals surface area contributed by atoms with E-state index in [0.717, 1.165) is 23.4 Å². The van der Waals surface area contributed by atoms with Crippen LogP contribution < -0.4 is 5.32 Å². The molecule has 1 aliphatic carbocycles. The van der Waals surface area contributed by atoms with Crippen LogP contribution in [0.1, 0.15) is 34.7 Å².